The van der Waals surface area contributed by atoms with E-state index in [1.165, 1.54) is 12.1 Å². The molecule has 0 fully saturated rings. The number of phenolic OH excluding ortho intramolecular Hbond substituents is 1. The fraction of sp³-hybridized carbons (Fsp3) is 0.188. The lowest BCUT2D eigenvalue weighted by Crippen LogP contribution is -2.06. The number of carbonyl (C=O) groups excluding carboxylic acids is 1. The molecule has 0 amide bonds. The molecule has 0 unspecified atom stereocenters. The van der Waals surface area contributed by atoms with Gasteiger partial charge in [0.05, 0.1) is 17.2 Å². The predicted molar refractivity (Wildman–Crippen MR) is 84.9 cm³/mol. The van der Waals surface area contributed by atoms with Crippen LogP contribution in [0.3, 0.4) is 0 Å². The zero-order valence-electron chi connectivity index (χ0n) is 11.8. The molecule has 0 spiro atoms. The van der Waals surface area contributed by atoms with Crippen LogP contribution in [0.25, 0.3) is 0 Å². The predicted octanol–water partition coefficient (Wildman–Crippen LogP) is 4.45. The third-order valence-electron chi connectivity index (χ3n) is 2.85. The number of rotatable bonds is 5. The van der Waals surface area contributed by atoms with E-state index >= 15 is 0 Å². The van der Waals surface area contributed by atoms with Gasteiger partial charge in [-0.3, -0.25) is 0 Å². The molecule has 2 rings (SSSR count). The van der Waals surface area contributed by atoms with Crippen molar-refractivity contribution in [1.82, 2.24) is 0 Å². The summed E-state index contributed by atoms with van der Waals surface area (Å²) in [6, 6.07) is 9.71. The molecule has 0 atom stereocenters. The fourth-order valence-corrected chi connectivity index (χ4v) is 2.11. The summed E-state index contributed by atoms with van der Waals surface area (Å²) < 4.78 is 10.4. The molecule has 6 heteroatoms. The highest BCUT2D eigenvalue weighted by Crippen LogP contribution is 2.35. The molecule has 22 heavy (non-hydrogen) atoms. The highest BCUT2D eigenvalue weighted by Gasteiger charge is 2.15. The second kappa shape index (κ2) is 7.38. The van der Waals surface area contributed by atoms with Crippen molar-refractivity contribution >= 4 is 29.2 Å². The Kier molecular flexibility index (Phi) is 5.52. The first kappa shape index (κ1) is 16.5. The van der Waals surface area contributed by atoms with Crippen molar-refractivity contribution in [3.63, 3.8) is 0 Å². The molecule has 116 valence electrons. The molecule has 2 aromatic rings. The van der Waals surface area contributed by atoms with Crippen molar-refractivity contribution in [3.8, 4) is 11.5 Å². The number of benzene rings is 2. The minimum Gasteiger partial charge on any atom is -0.503 e. The minimum absolute atomic E-state index is 0.0318. The van der Waals surface area contributed by atoms with Gasteiger partial charge in [0.25, 0.3) is 0 Å². The summed E-state index contributed by atoms with van der Waals surface area (Å²) in [5.74, 6) is -0.607. The van der Waals surface area contributed by atoms with Crippen LogP contribution in [0.4, 0.5) is 0 Å². The highest BCUT2D eigenvalue weighted by molar-refractivity contribution is 6.32. The van der Waals surface area contributed by atoms with E-state index in [0.29, 0.717) is 11.6 Å². The molecular formula is C16H14Cl2O4. The van der Waals surface area contributed by atoms with E-state index in [1.807, 2.05) is 0 Å². The Morgan fingerprint density at radius 1 is 1.18 bits per heavy atom. The van der Waals surface area contributed by atoms with E-state index in [9.17, 15) is 9.90 Å². The van der Waals surface area contributed by atoms with Gasteiger partial charge in [-0.05, 0) is 36.8 Å². The Hall–Kier alpha value is -1.91. The molecule has 0 bridgehead atoms. The number of hydrogen-bond donors (Lipinski definition) is 1. The van der Waals surface area contributed by atoms with Gasteiger partial charge in [0.1, 0.15) is 6.61 Å². The maximum absolute atomic E-state index is 12.1. The standard InChI is InChI=1S/C16H14Cl2O4/c1-2-21-14-8-11(7-13(18)15(14)19)16(20)22-9-10-3-5-12(17)6-4-10/h3-8,19H,2,9H2,1H3. The highest BCUT2D eigenvalue weighted by atomic mass is 35.5. The van der Waals surface area contributed by atoms with E-state index in [-0.39, 0.29) is 28.7 Å². The van der Waals surface area contributed by atoms with Crippen LogP contribution in [0, 0.1) is 0 Å². The largest absolute Gasteiger partial charge is 0.503 e. The molecule has 0 aliphatic carbocycles. The Labute approximate surface area is 138 Å². The molecule has 0 radical (unpaired) electrons. The summed E-state index contributed by atoms with van der Waals surface area (Å²) in [7, 11) is 0. The van der Waals surface area contributed by atoms with Crippen molar-refractivity contribution in [2.24, 2.45) is 0 Å². The van der Waals surface area contributed by atoms with E-state index < -0.39 is 5.97 Å². The Balaban J connectivity index is 2.10. The lowest BCUT2D eigenvalue weighted by atomic mass is 10.2. The first-order valence-corrected chi connectivity index (χ1v) is 7.33. The molecule has 0 aliphatic heterocycles. The normalized spacial score (nSPS) is 10.3. The summed E-state index contributed by atoms with van der Waals surface area (Å²) in [6.07, 6.45) is 0. The molecular weight excluding hydrogens is 327 g/mol. The van der Waals surface area contributed by atoms with Crippen LogP contribution in [-0.2, 0) is 11.3 Å². The van der Waals surface area contributed by atoms with Crippen LogP contribution in [0.15, 0.2) is 36.4 Å². The Bertz CT molecular complexity index is 669. The molecule has 2 aromatic carbocycles. The quantitative estimate of drug-likeness (QED) is 0.816. The molecule has 4 nitrogen and oxygen atoms in total. The van der Waals surface area contributed by atoms with Crippen LogP contribution in [0.1, 0.15) is 22.8 Å². The lowest BCUT2D eigenvalue weighted by molar-refractivity contribution is 0.0472. The summed E-state index contributed by atoms with van der Waals surface area (Å²) in [6.45, 7) is 2.21. The second-order valence-corrected chi connectivity index (χ2v) is 5.28. The summed E-state index contributed by atoms with van der Waals surface area (Å²) in [4.78, 5) is 12.1. The van der Waals surface area contributed by atoms with Gasteiger partial charge >= 0.3 is 5.97 Å². The third kappa shape index (κ3) is 4.06. The lowest BCUT2D eigenvalue weighted by Gasteiger charge is -2.10. The topological polar surface area (TPSA) is 55.8 Å². The molecule has 0 saturated heterocycles. The average Bonchev–Trinajstić information content (AvgIpc) is 2.51. The number of halogens is 2. The van der Waals surface area contributed by atoms with Crippen LogP contribution in [0.2, 0.25) is 10.0 Å². The van der Waals surface area contributed by atoms with E-state index in [4.69, 9.17) is 32.7 Å². The number of aromatic hydroxyl groups is 1. The monoisotopic (exact) mass is 340 g/mol. The Morgan fingerprint density at radius 2 is 1.86 bits per heavy atom. The van der Waals surface area contributed by atoms with Crippen molar-refractivity contribution in [1.29, 1.82) is 0 Å². The maximum atomic E-state index is 12.1. The van der Waals surface area contributed by atoms with Gasteiger partial charge in [-0.1, -0.05) is 35.3 Å². The number of phenols is 1. The number of ether oxygens (including phenoxy) is 2. The summed E-state index contributed by atoms with van der Waals surface area (Å²) in [5.41, 5.74) is 1.02. The van der Waals surface area contributed by atoms with Crippen molar-refractivity contribution in [3.05, 3.63) is 57.6 Å². The maximum Gasteiger partial charge on any atom is 0.338 e. The molecule has 0 aromatic heterocycles. The first-order chi connectivity index (χ1) is 10.5. The fourth-order valence-electron chi connectivity index (χ4n) is 1.77. The smallest absolute Gasteiger partial charge is 0.338 e. The second-order valence-electron chi connectivity index (χ2n) is 4.44. The van der Waals surface area contributed by atoms with Crippen LogP contribution in [0.5, 0.6) is 11.5 Å². The van der Waals surface area contributed by atoms with Crippen molar-refractivity contribution in [2.45, 2.75) is 13.5 Å². The molecule has 0 aliphatic rings. The van der Waals surface area contributed by atoms with E-state index in [0.717, 1.165) is 5.56 Å². The van der Waals surface area contributed by atoms with Gasteiger partial charge in [-0.15, -0.1) is 0 Å². The third-order valence-corrected chi connectivity index (χ3v) is 3.39. The number of carbonyl (C=O) groups is 1. The van der Waals surface area contributed by atoms with E-state index in [2.05, 4.69) is 0 Å². The zero-order chi connectivity index (χ0) is 16.1. The molecule has 0 saturated carbocycles. The number of hydrogen-bond acceptors (Lipinski definition) is 4. The zero-order valence-corrected chi connectivity index (χ0v) is 13.3. The van der Waals surface area contributed by atoms with Gasteiger partial charge in [-0.2, -0.15) is 0 Å². The van der Waals surface area contributed by atoms with Crippen LogP contribution in [-0.4, -0.2) is 17.7 Å². The Morgan fingerprint density at radius 3 is 2.50 bits per heavy atom. The SMILES string of the molecule is CCOc1cc(C(=O)OCc2ccc(Cl)cc2)cc(Cl)c1O. The van der Waals surface area contributed by atoms with Crippen molar-refractivity contribution in [2.75, 3.05) is 6.61 Å². The number of esters is 1. The molecule has 1 N–H and O–H groups in total. The van der Waals surface area contributed by atoms with Crippen LogP contribution >= 0.6 is 23.2 Å². The van der Waals surface area contributed by atoms with Gasteiger partial charge < -0.3 is 14.6 Å². The van der Waals surface area contributed by atoms with Gasteiger partial charge in [-0.25, -0.2) is 4.79 Å². The van der Waals surface area contributed by atoms with Gasteiger partial charge in [0, 0.05) is 5.02 Å². The van der Waals surface area contributed by atoms with Gasteiger partial charge in [0.15, 0.2) is 11.5 Å². The minimum atomic E-state index is -0.558. The average molecular weight is 341 g/mol. The first-order valence-electron chi connectivity index (χ1n) is 6.58. The summed E-state index contributed by atoms with van der Waals surface area (Å²) >= 11 is 11.7. The van der Waals surface area contributed by atoms with Crippen molar-refractivity contribution < 1.29 is 19.4 Å². The van der Waals surface area contributed by atoms with Gasteiger partial charge in [0.2, 0.25) is 0 Å². The van der Waals surface area contributed by atoms with Crippen LogP contribution < -0.4 is 4.74 Å². The van der Waals surface area contributed by atoms with E-state index in [1.54, 1.807) is 31.2 Å². The summed E-state index contributed by atoms with van der Waals surface area (Å²) in [5, 5.41) is 10.4. The molecule has 0 heterocycles.